The van der Waals surface area contributed by atoms with Gasteiger partial charge < -0.3 is 15.0 Å². The topological polar surface area (TPSA) is 60.4 Å². The Hall–Kier alpha value is 0.533. The number of carbonyl (C=O) groups excluding carboxylic acids is 1. The molecule has 13 heavy (non-hydrogen) atoms. The molecule has 0 saturated carbocycles. The largest absolute Gasteiger partial charge is 1.00 e. The van der Waals surface area contributed by atoms with Crippen LogP contribution >= 0.6 is 0 Å². The minimum Gasteiger partial charge on any atom is -0.547 e. The van der Waals surface area contributed by atoms with Gasteiger partial charge in [0.2, 0.25) is 0 Å². The van der Waals surface area contributed by atoms with E-state index in [-0.39, 0.29) is 55.8 Å². The molecule has 1 aromatic carbocycles. The zero-order valence-electron chi connectivity index (χ0n) is 7.23. The molecule has 0 aliphatic carbocycles. The van der Waals surface area contributed by atoms with Crippen LogP contribution in [-0.4, -0.2) is 11.1 Å². The summed E-state index contributed by atoms with van der Waals surface area (Å²) in [6.45, 7) is 0. The van der Waals surface area contributed by atoms with E-state index in [9.17, 15) is 9.90 Å². The predicted molar refractivity (Wildman–Crippen MR) is 36.4 cm³/mol. The second-order valence-electron chi connectivity index (χ2n) is 2.13. The number of hydrogen-bond acceptors (Lipinski definition) is 3. The van der Waals surface area contributed by atoms with E-state index in [0.29, 0.717) is 5.56 Å². The fraction of sp³-hybridized carbons (Fsp3) is 0.125. The van der Waals surface area contributed by atoms with Crippen molar-refractivity contribution in [3.05, 3.63) is 35.9 Å². The van der Waals surface area contributed by atoms with Gasteiger partial charge >= 0.3 is 29.6 Å². The molecule has 3 nitrogen and oxygen atoms in total. The van der Waals surface area contributed by atoms with Crippen molar-refractivity contribution >= 4 is 5.97 Å². The van der Waals surface area contributed by atoms with Crippen LogP contribution in [0.4, 0.5) is 0 Å². The average molecular weight is 265 g/mol. The second kappa shape index (κ2) is 7.89. The molecule has 0 fully saturated rings. The summed E-state index contributed by atoms with van der Waals surface area (Å²) in [7, 11) is 0. The van der Waals surface area contributed by atoms with Gasteiger partial charge in [0.05, 0.1) is 5.97 Å². The van der Waals surface area contributed by atoms with Crippen molar-refractivity contribution in [2.24, 2.45) is 0 Å². The van der Waals surface area contributed by atoms with Gasteiger partial charge in [-0.2, -0.15) is 0 Å². The first-order valence-corrected chi connectivity index (χ1v) is 3.15. The number of aliphatic hydroxyl groups excluding tert-OH is 1. The van der Waals surface area contributed by atoms with Crippen LogP contribution in [0.15, 0.2) is 30.3 Å². The van der Waals surface area contributed by atoms with Crippen LogP contribution in [0.3, 0.4) is 0 Å². The Morgan fingerprint density at radius 3 is 2.15 bits per heavy atom. The van der Waals surface area contributed by atoms with E-state index in [4.69, 9.17) is 5.11 Å². The average Bonchev–Trinajstić information content (AvgIpc) is 2.05. The summed E-state index contributed by atoms with van der Waals surface area (Å²) in [6, 6.07) is 8.11. The first-order valence-electron chi connectivity index (χ1n) is 3.15. The summed E-state index contributed by atoms with van der Waals surface area (Å²) in [5.41, 5.74) is 0.340. The normalized spacial score (nSPS) is 10.5. The van der Waals surface area contributed by atoms with E-state index in [1.807, 2.05) is 0 Å². The molecule has 62 valence electrons. The Balaban J connectivity index is 0. The van der Waals surface area contributed by atoms with Gasteiger partial charge in [0, 0.05) is 26.2 Å². The molecule has 1 rings (SSSR count). The summed E-state index contributed by atoms with van der Waals surface area (Å²) in [5.74, 6) is -1.48. The van der Waals surface area contributed by atoms with Crippen LogP contribution < -0.4 is 34.7 Å². The summed E-state index contributed by atoms with van der Waals surface area (Å²) >= 11 is 0. The maximum atomic E-state index is 10.1. The summed E-state index contributed by atoms with van der Waals surface area (Å²) in [5, 5.41) is 19.1. The van der Waals surface area contributed by atoms with Gasteiger partial charge in [-0.25, -0.2) is 0 Å². The van der Waals surface area contributed by atoms with Crippen molar-refractivity contribution in [3.8, 4) is 0 Å². The molecule has 1 unspecified atom stereocenters. The molecule has 1 aromatic rings. The fourth-order valence-electron chi connectivity index (χ4n) is 0.771. The monoisotopic (exact) mass is 264 g/mol. The van der Waals surface area contributed by atoms with Crippen LogP contribution in [0.5, 0.6) is 0 Å². The number of aliphatic hydroxyl groups is 1. The molecular formula is C8H7NaO3Zr. The third kappa shape index (κ3) is 5.09. The molecule has 0 aliphatic rings. The van der Waals surface area contributed by atoms with E-state index in [2.05, 4.69) is 0 Å². The molecule has 0 spiro atoms. The SMILES string of the molecule is O=C([O-])C(O)c1ccccc1.[Na+].[Zr]. The van der Waals surface area contributed by atoms with E-state index >= 15 is 0 Å². The van der Waals surface area contributed by atoms with Crippen molar-refractivity contribution in [2.45, 2.75) is 6.10 Å². The van der Waals surface area contributed by atoms with Gasteiger partial charge in [0.15, 0.2) is 0 Å². The number of hydrogen-bond donors (Lipinski definition) is 1. The van der Waals surface area contributed by atoms with Crippen LogP contribution in [0.1, 0.15) is 11.7 Å². The number of aliphatic carboxylic acids is 1. The Labute approximate surface area is 118 Å². The minimum atomic E-state index is -1.52. The number of rotatable bonds is 2. The number of benzene rings is 1. The smallest absolute Gasteiger partial charge is 0.547 e. The van der Waals surface area contributed by atoms with Crippen molar-refractivity contribution < 1.29 is 70.8 Å². The van der Waals surface area contributed by atoms with Crippen LogP contribution in [0.25, 0.3) is 0 Å². The van der Waals surface area contributed by atoms with Gasteiger partial charge in [-0.15, -0.1) is 0 Å². The molecule has 0 aliphatic heterocycles. The zero-order valence-corrected chi connectivity index (χ0v) is 11.7. The van der Waals surface area contributed by atoms with Crippen molar-refractivity contribution in [1.29, 1.82) is 0 Å². The quantitative estimate of drug-likeness (QED) is 0.564. The molecule has 0 heterocycles. The molecule has 0 saturated heterocycles. The van der Waals surface area contributed by atoms with Gasteiger partial charge in [-0.05, 0) is 5.56 Å². The Morgan fingerprint density at radius 1 is 1.31 bits per heavy atom. The molecule has 0 aromatic heterocycles. The number of carboxylic acid groups (broad SMARTS) is 1. The molecular weight excluding hydrogens is 258 g/mol. The summed E-state index contributed by atoms with van der Waals surface area (Å²) in [4.78, 5) is 10.1. The minimum absolute atomic E-state index is 0. The van der Waals surface area contributed by atoms with E-state index in [0.717, 1.165) is 0 Å². The first kappa shape index (κ1) is 16.0. The maximum Gasteiger partial charge on any atom is 1.00 e. The van der Waals surface area contributed by atoms with Gasteiger partial charge in [-0.1, -0.05) is 30.3 Å². The molecule has 0 amide bonds. The van der Waals surface area contributed by atoms with Crippen molar-refractivity contribution in [2.75, 3.05) is 0 Å². The Kier molecular flexibility index (Phi) is 9.70. The molecule has 1 N–H and O–H groups in total. The Bertz CT molecular complexity index is 253. The second-order valence-corrected chi connectivity index (χ2v) is 2.13. The van der Waals surface area contributed by atoms with Gasteiger partial charge in [-0.3, -0.25) is 0 Å². The number of carboxylic acids is 1. The van der Waals surface area contributed by atoms with Crippen LogP contribution in [-0.2, 0) is 31.0 Å². The van der Waals surface area contributed by atoms with Crippen molar-refractivity contribution in [1.82, 2.24) is 0 Å². The zero-order chi connectivity index (χ0) is 8.27. The summed E-state index contributed by atoms with van der Waals surface area (Å²) in [6.07, 6.45) is -1.52. The maximum absolute atomic E-state index is 10.1. The van der Waals surface area contributed by atoms with Crippen LogP contribution in [0.2, 0.25) is 0 Å². The van der Waals surface area contributed by atoms with Crippen molar-refractivity contribution in [3.63, 3.8) is 0 Å². The molecule has 5 heteroatoms. The Morgan fingerprint density at radius 2 is 1.77 bits per heavy atom. The van der Waals surface area contributed by atoms with E-state index in [1.54, 1.807) is 18.2 Å². The number of carbonyl (C=O) groups is 1. The standard InChI is InChI=1S/C8H8O3.Na.Zr/c9-7(8(10)11)6-4-2-1-3-5-6;;/h1-5,7,9H,(H,10,11);;/q;+1;/p-1. The third-order valence-electron chi connectivity index (χ3n) is 1.34. The predicted octanol–water partition coefficient (Wildman–Crippen LogP) is -3.53. The first-order chi connectivity index (χ1) is 5.22. The molecule has 0 radical (unpaired) electrons. The third-order valence-corrected chi connectivity index (χ3v) is 1.34. The van der Waals surface area contributed by atoms with Gasteiger partial charge in [0.1, 0.15) is 6.10 Å². The van der Waals surface area contributed by atoms with E-state index in [1.165, 1.54) is 12.1 Å². The fourth-order valence-corrected chi connectivity index (χ4v) is 0.771. The molecule has 0 bridgehead atoms. The molecule has 1 atom stereocenters. The van der Waals surface area contributed by atoms with Crippen LogP contribution in [0, 0.1) is 0 Å². The summed E-state index contributed by atoms with van der Waals surface area (Å²) < 4.78 is 0. The van der Waals surface area contributed by atoms with Gasteiger partial charge in [0.25, 0.3) is 0 Å². The van der Waals surface area contributed by atoms with E-state index < -0.39 is 12.1 Å².